The number of halogens is 2. The van der Waals surface area contributed by atoms with E-state index in [1.54, 1.807) is 0 Å². The summed E-state index contributed by atoms with van der Waals surface area (Å²) in [6.45, 7) is 0.680. The maximum Gasteiger partial charge on any atom is 0.255 e. The highest BCUT2D eigenvalue weighted by Gasteiger charge is 2.24. The first-order valence-corrected chi connectivity index (χ1v) is 3.46. The van der Waals surface area contributed by atoms with Crippen molar-refractivity contribution in [1.82, 2.24) is 10.6 Å². The molecule has 0 atom stereocenters. The highest BCUT2D eigenvalue weighted by Crippen LogP contribution is 2.02. The summed E-state index contributed by atoms with van der Waals surface area (Å²) in [7, 11) is 0. The smallest absolute Gasteiger partial charge is 0.255 e. The quantitative estimate of drug-likeness (QED) is 0.595. The predicted octanol–water partition coefficient (Wildman–Crippen LogP) is -0.413. The van der Waals surface area contributed by atoms with Crippen LogP contribution in [0, 0.1) is 5.92 Å². The maximum atomic E-state index is 11.6. The number of amides is 1. The molecule has 1 rings (SSSR count). The van der Waals surface area contributed by atoms with Crippen molar-refractivity contribution in [2.75, 3.05) is 19.6 Å². The number of carbonyl (C=O) groups excluding carboxylic acids is 1. The second kappa shape index (κ2) is 3.61. The molecular weight excluding hydrogens is 154 g/mol. The van der Waals surface area contributed by atoms with Gasteiger partial charge in [-0.2, -0.15) is 0 Å². The van der Waals surface area contributed by atoms with Crippen molar-refractivity contribution in [1.29, 1.82) is 0 Å². The summed E-state index contributed by atoms with van der Waals surface area (Å²) < 4.78 is 23.1. The van der Waals surface area contributed by atoms with Crippen LogP contribution in [0.15, 0.2) is 0 Å². The Morgan fingerprint density at radius 1 is 1.64 bits per heavy atom. The number of carbonyl (C=O) groups is 1. The van der Waals surface area contributed by atoms with Gasteiger partial charge in [0.25, 0.3) is 6.43 Å². The van der Waals surface area contributed by atoms with Crippen LogP contribution in [-0.2, 0) is 4.79 Å². The Morgan fingerprint density at radius 2 is 2.27 bits per heavy atom. The molecule has 0 saturated carbocycles. The zero-order chi connectivity index (χ0) is 8.27. The minimum Gasteiger partial charge on any atom is -0.350 e. The van der Waals surface area contributed by atoms with Crippen LogP contribution < -0.4 is 10.6 Å². The first kappa shape index (κ1) is 8.39. The van der Waals surface area contributed by atoms with Crippen molar-refractivity contribution in [3.8, 4) is 0 Å². The van der Waals surface area contributed by atoms with E-state index in [0.717, 1.165) is 0 Å². The van der Waals surface area contributed by atoms with Crippen LogP contribution in [0.25, 0.3) is 0 Å². The standard InChI is InChI=1S/C6H10F2N2O/c7-5(8)3-10-6(11)4-1-9-2-4/h4-5,9H,1-3H2,(H,10,11). The van der Waals surface area contributed by atoms with Crippen molar-refractivity contribution in [3.63, 3.8) is 0 Å². The molecule has 1 fully saturated rings. The Labute approximate surface area is 63.2 Å². The minimum absolute atomic E-state index is 0.103. The maximum absolute atomic E-state index is 11.6. The van der Waals surface area contributed by atoms with Crippen LogP contribution >= 0.6 is 0 Å². The fourth-order valence-corrected chi connectivity index (χ4v) is 0.796. The third-order valence-electron chi connectivity index (χ3n) is 1.58. The van der Waals surface area contributed by atoms with Gasteiger partial charge in [-0.05, 0) is 0 Å². The second-order valence-corrected chi connectivity index (χ2v) is 2.49. The molecule has 11 heavy (non-hydrogen) atoms. The van der Waals surface area contributed by atoms with Crippen molar-refractivity contribution >= 4 is 5.91 Å². The molecule has 3 nitrogen and oxygen atoms in total. The summed E-state index contributed by atoms with van der Waals surface area (Å²) in [6.07, 6.45) is -2.45. The van der Waals surface area contributed by atoms with Gasteiger partial charge in [0.2, 0.25) is 5.91 Å². The molecule has 5 heteroatoms. The average molecular weight is 164 g/mol. The van der Waals surface area contributed by atoms with Crippen molar-refractivity contribution in [2.24, 2.45) is 5.92 Å². The van der Waals surface area contributed by atoms with E-state index in [2.05, 4.69) is 10.6 Å². The first-order valence-electron chi connectivity index (χ1n) is 3.46. The van der Waals surface area contributed by atoms with Crippen LogP contribution in [0.2, 0.25) is 0 Å². The van der Waals surface area contributed by atoms with Crippen LogP contribution in [0.3, 0.4) is 0 Å². The summed E-state index contributed by atoms with van der Waals surface area (Å²) in [5, 5.41) is 5.04. The van der Waals surface area contributed by atoms with E-state index in [1.165, 1.54) is 0 Å². The van der Waals surface area contributed by atoms with Crippen LogP contribution in [0.4, 0.5) is 8.78 Å². The van der Waals surface area contributed by atoms with Crippen molar-refractivity contribution in [3.05, 3.63) is 0 Å². The van der Waals surface area contributed by atoms with Crippen molar-refractivity contribution in [2.45, 2.75) is 6.43 Å². The molecule has 0 aromatic carbocycles. The molecule has 0 radical (unpaired) electrons. The van der Waals surface area contributed by atoms with E-state index in [0.29, 0.717) is 13.1 Å². The van der Waals surface area contributed by atoms with Gasteiger partial charge in [-0.25, -0.2) is 8.78 Å². The van der Waals surface area contributed by atoms with Gasteiger partial charge >= 0.3 is 0 Å². The fraction of sp³-hybridized carbons (Fsp3) is 0.833. The Morgan fingerprint density at radius 3 is 2.64 bits per heavy atom. The predicted molar refractivity (Wildman–Crippen MR) is 35.4 cm³/mol. The number of nitrogens with one attached hydrogen (secondary N) is 2. The van der Waals surface area contributed by atoms with Gasteiger partial charge < -0.3 is 10.6 Å². The van der Waals surface area contributed by atoms with Gasteiger partial charge in [0, 0.05) is 13.1 Å². The Bertz CT molecular complexity index is 148. The van der Waals surface area contributed by atoms with Gasteiger partial charge in [0.1, 0.15) is 0 Å². The first-order chi connectivity index (χ1) is 5.20. The van der Waals surface area contributed by atoms with Gasteiger partial charge in [0.15, 0.2) is 0 Å². The molecule has 0 aromatic rings. The molecule has 1 heterocycles. The molecule has 0 bridgehead atoms. The van der Waals surface area contributed by atoms with Gasteiger partial charge in [-0.3, -0.25) is 4.79 Å². The summed E-state index contributed by atoms with van der Waals surface area (Å²) >= 11 is 0. The molecule has 0 unspecified atom stereocenters. The van der Waals surface area contributed by atoms with Gasteiger partial charge in [-0.15, -0.1) is 0 Å². The van der Waals surface area contributed by atoms with E-state index in [1.807, 2.05) is 0 Å². The van der Waals surface area contributed by atoms with Crippen LogP contribution in [-0.4, -0.2) is 32.0 Å². The number of rotatable bonds is 3. The molecule has 0 spiro atoms. The second-order valence-electron chi connectivity index (χ2n) is 2.49. The van der Waals surface area contributed by atoms with Gasteiger partial charge in [0.05, 0.1) is 12.5 Å². The Hall–Kier alpha value is -0.710. The summed E-state index contributed by atoms with van der Waals surface area (Å²) in [5.41, 5.74) is 0. The molecule has 0 aromatic heterocycles. The average Bonchev–Trinajstić information content (AvgIpc) is 1.79. The lowest BCUT2D eigenvalue weighted by Gasteiger charge is -2.25. The fourth-order valence-electron chi connectivity index (χ4n) is 0.796. The lowest BCUT2D eigenvalue weighted by atomic mass is 10.0. The highest BCUT2D eigenvalue weighted by atomic mass is 19.3. The molecule has 0 aliphatic carbocycles. The largest absolute Gasteiger partial charge is 0.350 e. The van der Waals surface area contributed by atoms with Gasteiger partial charge in [-0.1, -0.05) is 0 Å². The third-order valence-corrected chi connectivity index (χ3v) is 1.58. The summed E-state index contributed by atoms with van der Waals surface area (Å²) in [6, 6.07) is 0. The number of hydrogen-bond acceptors (Lipinski definition) is 2. The van der Waals surface area contributed by atoms with E-state index >= 15 is 0 Å². The topological polar surface area (TPSA) is 41.1 Å². The lowest BCUT2D eigenvalue weighted by Crippen LogP contribution is -2.51. The molecule has 1 saturated heterocycles. The normalized spacial score (nSPS) is 18.1. The molecular formula is C6H10F2N2O. The number of alkyl halides is 2. The molecule has 2 N–H and O–H groups in total. The number of hydrogen-bond donors (Lipinski definition) is 2. The molecule has 64 valence electrons. The van der Waals surface area contributed by atoms with E-state index < -0.39 is 13.0 Å². The molecule has 1 aliphatic rings. The van der Waals surface area contributed by atoms with E-state index in [9.17, 15) is 13.6 Å². The van der Waals surface area contributed by atoms with Crippen molar-refractivity contribution < 1.29 is 13.6 Å². The van der Waals surface area contributed by atoms with Crippen LogP contribution in [0.5, 0.6) is 0 Å². The Kier molecular flexibility index (Phi) is 2.76. The summed E-state index contributed by atoms with van der Waals surface area (Å²) in [4.78, 5) is 10.8. The molecule has 1 aliphatic heterocycles. The van der Waals surface area contributed by atoms with E-state index in [-0.39, 0.29) is 11.8 Å². The van der Waals surface area contributed by atoms with E-state index in [4.69, 9.17) is 0 Å². The summed E-state index contributed by atoms with van der Waals surface area (Å²) in [5.74, 6) is -0.377. The monoisotopic (exact) mass is 164 g/mol. The SMILES string of the molecule is O=C(NCC(F)F)C1CNC1. The Balaban J connectivity index is 2.10. The van der Waals surface area contributed by atoms with Crippen LogP contribution in [0.1, 0.15) is 0 Å². The lowest BCUT2D eigenvalue weighted by molar-refractivity contribution is -0.127. The third kappa shape index (κ3) is 2.42. The highest BCUT2D eigenvalue weighted by molar-refractivity contribution is 5.79. The zero-order valence-corrected chi connectivity index (χ0v) is 5.94. The minimum atomic E-state index is -2.45. The zero-order valence-electron chi connectivity index (χ0n) is 5.94. The molecule has 1 amide bonds.